The Bertz CT molecular complexity index is 615. The van der Waals surface area contributed by atoms with Crippen molar-refractivity contribution in [2.24, 2.45) is 5.73 Å². The summed E-state index contributed by atoms with van der Waals surface area (Å²) in [5.74, 6) is 0.224. The van der Waals surface area contributed by atoms with E-state index in [0.29, 0.717) is 12.2 Å². The van der Waals surface area contributed by atoms with E-state index in [1.165, 1.54) is 12.1 Å². The Morgan fingerprint density at radius 2 is 2.16 bits per heavy atom. The Morgan fingerprint density at radius 1 is 1.32 bits per heavy atom. The highest BCUT2D eigenvalue weighted by molar-refractivity contribution is 5.40. The number of aryl methyl sites for hydroxylation is 1. The largest absolute Gasteiger partial charge is 0.485 e. The molecule has 2 N–H and O–H groups in total. The van der Waals surface area contributed by atoms with E-state index < -0.39 is 0 Å². The molecule has 1 aliphatic rings. The molecule has 98 valence electrons. The van der Waals surface area contributed by atoms with Gasteiger partial charge in [-0.3, -0.25) is 4.98 Å². The zero-order valence-electron chi connectivity index (χ0n) is 10.6. The van der Waals surface area contributed by atoms with Crippen molar-refractivity contribution in [3.8, 4) is 5.75 Å². The van der Waals surface area contributed by atoms with Gasteiger partial charge in [-0.15, -0.1) is 0 Å². The molecule has 0 saturated carbocycles. The molecule has 1 aromatic heterocycles. The van der Waals surface area contributed by atoms with E-state index in [4.69, 9.17) is 10.5 Å². The van der Waals surface area contributed by atoms with Crippen molar-refractivity contribution in [3.63, 3.8) is 0 Å². The number of halogens is 1. The molecule has 4 heteroatoms. The zero-order chi connectivity index (χ0) is 13.4. The van der Waals surface area contributed by atoms with Crippen LogP contribution in [0.3, 0.4) is 0 Å². The number of aromatic nitrogens is 1. The maximum absolute atomic E-state index is 13.3. The fourth-order valence-corrected chi connectivity index (χ4v) is 2.48. The highest BCUT2D eigenvalue weighted by Gasteiger charge is 2.28. The zero-order valence-corrected chi connectivity index (χ0v) is 10.6. The van der Waals surface area contributed by atoms with Crippen LogP contribution in [-0.4, -0.2) is 4.98 Å². The summed E-state index contributed by atoms with van der Waals surface area (Å²) in [5, 5.41) is 0. The van der Waals surface area contributed by atoms with Crippen molar-refractivity contribution in [1.82, 2.24) is 4.98 Å². The van der Waals surface area contributed by atoms with E-state index in [2.05, 4.69) is 4.98 Å². The predicted octanol–water partition coefficient (Wildman–Crippen LogP) is 3.05. The normalized spacial score (nSPS) is 21.6. The third-order valence-electron chi connectivity index (χ3n) is 3.54. The van der Waals surface area contributed by atoms with Gasteiger partial charge in [0.15, 0.2) is 0 Å². The molecule has 1 unspecified atom stereocenters. The Hall–Kier alpha value is -1.94. The second kappa shape index (κ2) is 4.63. The second-order valence-electron chi connectivity index (χ2n) is 4.86. The lowest BCUT2D eigenvalue weighted by atomic mass is 9.92. The van der Waals surface area contributed by atoms with Gasteiger partial charge in [-0.2, -0.15) is 0 Å². The van der Waals surface area contributed by atoms with Crippen LogP contribution in [0.4, 0.5) is 4.39 Å². The third kappa shape index (κ3) is 2.19. The first kappa shape index (κ1) is 12.1. The molecule has 0 spiro atoms. The molecule has 19 heavy (non-hydrogen) atoms. The maximum atomic E-state index is 13.3. The maximum Gasteiger partial charge on any atom is 0.127 e. The van der Waals surface area contributed by atoms with Crippen LogP contribution in [0.2, 0.25) is 0 Å². The number of fused-ring (bicyclic) bond motifs is 1. The molecule has 0 bridgehead atoms. The number of ether oxygens (including phenoxy) is 1. The van der Waals surface area contributed by atoms with Crippen LogP contribution < -0.4 is 10.5 Å². The summed E-state index contributed by atoms with van der Waals surface area (Å²) in [6.07, 6.45) is 4.04. The van der Waals surface area contributed by atoms with Crippen LogP contribution in [0.15, 0.2) is 36.7 Å². The van der Waals surface area contributed by atoms with Gasteiger partial charge in [-0.05, 0) is 24.6 Å². The van der Waals surface area contributed by atoms with Gasteiger partial charge in [0.1, 0.15) is 17.7 Å². The molecule has 1 aliphatic heterocycles. The highest BCUT2D eigenvalue weighted by atomic mass is 19.1. The molecule has 3 rings (SSSR count). The second-order valence-corrected chi connectivity index (χ2v) is 4.86. The lowest BCUT2D eigenvalue weighted by molar-refractivity contribution is 0.160. The molecule has 0 saturated heterocycles. The SMILES string of the molecule is Cc1ccncc1C1C[C@H](N)c2ccc(F)cc2O1. The summed E-state index contributed by atoms with van der Waals surface area (Å²) in [6, 6.07) is 6.30. The number of pyridine rings is 1. The first-order valence-corrected chi connectivity index (χ1v) is 6.27. The fraction of sp³-hybridized carbons (Fsp3) is 0.267. The van der Waals surface area contributed by atoms with Crippen molar-refractivity contribution < 1.29 is 9.13 Å². The number of benzene rings is 1. The number of rotatable bonds is 1. The number of nitrogens with two attached hydrogens (primary N) is 1. The Kier molecular flexibility index (Phi) is 2.95. The summed E-state index contributed by atoms with van der Waals surface area (Å²) in [5.41, 5.74) is 9.12. The first-order valence-electron chi connectivity index (χ1n) is 6.27. The van der Waals surface area contributed by atoms with Gasteiger partial charge in [0.05, 0.1) is 0 Å². The Balaban J connectivity index is 1.99. The Morgan fingerprint density at radius 3 is 2.95 bits per heavy atom. The molecule has 0 amide bonds. The molecule has 2 aromatic rings. The molecule has 2 heterocycles. The molecule has 0 radical (unpaired) electrons. The molecule has 3 nitrogen and oxygen atoms in total. The minimum absolute atomic E-state index is 0.144. The van der Waals surface area contributed by atoms with Crippen molar-refractivity contribution in [3.05, 3.63) is 59.2 Å². The lowest BCUT2D eigenvalue weighted by Crippen LogP contribution is -2.24. The summed E-state index contributed by atoms with van der Waals surface area (Å²) in [4.78, 5) is 4.12. The average molecular weight is 258 g/mol. The molecule has 1 aromatic carbocycles. The van der Waals surface area contributed by atoms with Crippen LogP contribution in [0.1, 0.15) is 35.3 Å². The smallest absolute Gasteiger partial charge is 0.127 e. The average Bonchev–Trinajstić information content (AvgIpc) is 2.38. The number of nitrogens with zero attached hydrogens (tertiary/aromatic N) is 1. The van der Waals surface area contributed by atoms with E-state index in [1.807, 2.05) is 13.0 Å². The Labute approximate surface area is 111 Å². The fourth-order valence-electron chi connectivity index (χ4n) is 2.48. The van der Waals surface area contributed by atoms with Gasteiger partial charge in [0, 0.05) is 42.0 Å². The van der Waals surface area contributed by atoms with Crippen LogP contribution in [0.25, 0.3) is 0 Å². The van der Waals surface area contributed by atoms with Crippen molar-refractivity contribution >= 4 is 0 Å². The summed E-state index contributed by atoms with van der Waals surface area (Å²) in [6.45, 7) is 2.01. The minimum Gasteiger partial charge on any atom is -0.485 e. The van der Waals surface area contributed by atoms with Gasteiger partial charge in [0.2, 0.25) is 0 Å². The monoisotopic (exact) mass is 258 g/mol. The van der Waals surface area contributed by atoms with Crippen LogP contribution in [-0.2, 0) is 0 Å². The van der Waals surface area contributed by atoms with Gasteiger partial charge in [-0.25, -0.2) is 4.39 Å². The molecular weight excluding hydrogens is 243 g/mol. The van der Waals surface area contributed by atoms with E-state index in [9.17, 15) is 4.39 Å². The predicted molar refractivity (Wildman–Crippen MR) is 70.3 cm³/mol. The lowest BCUT2D eigenvalue weighted by Gasteiger charge is -2.31. The van der Waals surface area contributed by atoms with Crippen molar-refractivity contribution in [2.45, 2.75) is 25.5 Å². The standard InChI is InChI=1S/C15H15FN2O/c1-9-4-5-18-8-12(9)15-7-13(17)11-3-2-10(16)6-14(11)19-15/h2-6,8,13,15H,7,17H2,1H3/t13-,15?/m0/s1. The summed E-state index contributed by atoms with van der Waals surface area (Å²) >= 11 is 0. The molecular formula is C15H15FN2O. The number of hydrogen-bond acceptors (Lipinski definition) is 3. The van der Waals surface area contributed by atoms with Crippen molar-refractivity contribution in [1.29, 1.82) is 0 Å². The van der Waals surface area contributed by atoms with Gasteiger partial charge >= 0.3 is 0 Å². The third-order valence-corrected chi connectivity index (χ3v) is 3.54. The van der Waals surface area contributed by atoms with E-state index in [-0.39, 0.29) is 18.0 Å². The summed E-state index contributed by atoms with van der Waals surface area (Å²) < 4.78 is 19.2. The summed E-state index contributed by atoms with van der Waals surface area (Å²) in [7, 11) is 0. The van der Waals surface area contributed by atoms with Crippen LogP contribution in [0.5, 0.6) is 5.75 Å². The van der Waals surface area contributed by atoms with Crippen molar-refractivity contribution in [2.75, 3.05) is 0 Å². The molecule has 2 atom stereocenters. The molecule has 0 aliphatic carbocycles. The topological polar surface area (TPSA) is 48.1 Å². The quantitative estimate of drug-likeness (QED) is 0.855. The van der Waals surface area contributed by atoms with Gasteiger partial charge in [0.25, 0.3) is 0 Å². The highest BCUT2D eigenvalue weighted by Crippen LogP contribution is 2.40. The van der Waals surface area contributed by atoms with Crippen LogP contribution >= 0.6 is 0 Å². The van der Waals surface area contributed by atoms with Gasteiger partial charge in [-0.1, -0.05) is 6.07 Å². The van der Waals surface area contributed by atoms with E-state index in [0.717, 1.165) is 16.7 Å². The number of hydrogen-bond donors (Lipinski definition) is 1. The van der Waals surface area contributed by atoms with Gasteiger partial charge < -0.3 is 10.5 Å². The van der Waals surface area contributed by atoms with E-state index >= 15 is 0 Å². The first-order chi connectivity index (χ1) is 9.15. The molecule has 0 fully saturated rings. The van der Waals surface area contributed by atoms with E-state index in [1.54, 1.807) is 18.5 Å². The van der Waals surface area contributed by atoms with Crippen LogP contribution in [0, 0.1) is 12.7 Å². The minimum atomic E-state index is -0.311.